The van der Waals surface area contributed by atoms with Gasteiger partial charge in [0.1, 0.15) is 12.4 Å². The molecule has 0 amide bonds. The molecule has 2 rings (SSSR count). The van der Waals surface area contributed by atoms with Crippen molar-refractivity contribution >= 4 is 37.9 Å². The summed E-state index contributed by atoms with van der Waals surface area (Å²) in [5.74, 6) is 0.939. The Labute approximate surface area is 94.0 Å². The van der Waals surface area contributed by atoms with Crippen molar-refractivity contribution in [3.05, 3.63) is 32.2 Å². The quantitative estimate of drug-likeness (QED) is 0.704. The van der Waals surface area contributed by atoms with Gasteiger partial charge in [-0.15, -0.1) is 0 Å². The van der Waals surface area contributed by atoms with Gasteiger partial charge in [0, 0.05) is 10.0 Å². The van der Waals surface area contributed by atoms with Crippen molar-refractivity contribution in [3.8, 4) is 5.75 Å². The summed E-state index contributed by atoms with van der Waals surface area (Å²) < 4.78 is 7.65. The summed E-state index contributed by atoms with van der Waals surface area (Å²) in [6.45, 7) is 2.75. The van der Waals surface area contributed by atoms with Crippen LogP contribution in [-0.2, 0) is 0 Å². The number of benzene rings is 1. The Hall–Kier alpha value is -0.280. The number of rotatable bonds is 0. The van der Waals surface area contributed by atoms with E-state index in [0.29, 0.717) is 6.61 Å². The van der Waals surface area contributed by atoms with E-state index in [0.717, 1.165) is 20.3 Å². The number of ether oxygens (including phenoxy) is 1. The van der Waals surface area contributed by atoms with Crippen LogP contribution in [0.4, 0.5) is 0 Å². The minimum atomic E-state index is 0.688. The highest BCUT2D eigenvalue weighted by Gasteiger charge is 2.12. The van der Waals surface area contributed by atoms with Crippen molar-refractivity contribution in [2.45, 2.75) is 6.92 Å². The minimum absolute atomic E-state index is 0.688. The summed E-state index contributed by atoms with van der Waals surface area (Å²) in [6.07, 6.45) is 2.15. The van der Waals surface area contributed by atoms with E-state index in [2.05, 4.69) is 50.9 Å². The van der Waals surface area contributed by atoms with Gasteiger partial charge in [-0.25, -0.2) is 0 Å². The molecule has 68 valence electrons. The van der Waals surface area contributed by atoms with Crippen molar-refractivity contribution in [1.29, 1.82) is 0 Å². The number of hydrogen-bond donors (Lipinski definition) is 0. The van der Waals surface area contributed by atoms with E-state index in [-0.39, 0.29) is 0 Å². The summed E-state index contributed by atoms with van der Waals surface area (Å²) >= 11 is 6.91. The van der Waals surface area contributed by atoms with Gasteiger partial charge in [-0.1, -0.05) is 15.9 Å². The van der Waals surface area contributed by atoms with Crippen molar-refractivity contribution < 1.29 is 4.74 Å². The van der Waals surface area contributed by atoms with Crippen molar-refractivity contribution in [2.24, 2.45) is 0 Å². The Morgan fingerprint density at radius 1 is 1.31 bits per heavy atom. The van der Waals surface area contributed by atoms with Crippen LogP contribution in [0.1, 0.15) is 12.5 Å². The molecule has 0 fully saturated rings. The highest BCUT2D eigenvalue weighted by Crippen LogP contribution is 2.36. The second-order valence-electron chi connectivity index (χ2n) is 3.09. The molecule has 1 heterocycles. The van der Waals surface area contributed by atoms with E-state index < -0.39 is 0 Å². The average molecular weight is 304 g/mol. The van der Waals surface area contributed by atoms with Crippen molar-refractivity contribution in [3.63, 3.8) is 0 Å². The molecule has 0 aromatic heterocycles. The van der Waals surface area contributed by atoms with E-state index in [1.54, 1.807) is 0 Å². The topological polar surface area (TPSA) is 9.23 Å². The molecule has 0 aliphatic carbocycles. The summed E-state index contributed by atoms with van der Waals surface area (Å²) in [5, 5.41) is 0. The largest absolute Gasteiger partial charge is 0.487 e. The molecule has 3 heteroatoms. The van der Waals surface area contributed by atoms with E-state index in [4.69, 9.17) is 4.74 Å². The van der Waals surface area contributed by atoms with Crippen molar-refractivity contribution in [2.75, 3.05) is 6.61 Å². The first-order valence-corrected chi connectivity index (χ1v) is 5.54. The van der Waals surface area contributed by atoms with Crippen LogP contribution in [0.15, 0.2) is 26.7 Å². The fourth-order valence-electron chi connectivity index (χ4n) is 1.33. The zero-order chi connectivity index (χ0) is 9.42. The molecule has 0 saturated heterocycles. The van der Waals surface area contributed by atoms with Gasteiger partial charge in [0.05, 0.1) is 4.47 Å². The van der Waals surface area contributed by atoms with Gasteiger partial charge in [0.25, 0.3) is 0 Å². The smallest absolute Gasteiger partial charge is 0.141 e. The Morgan fingerprint density at radius 2 is 2.08 bits per heavy atom. The van der Waals surface area contributed by atoms with Crippen LogP contribution in [-0.4, -0.2) is 6.61 Å². The predicted molar refractivity (Wildman–Crippen MR) is 61.0 cm³/mol. The average Bonchev–Trinajstić information content (AvgIpc) is 2.02. The molecule has 1 nitrogen and oxygen atoms in total. The summed E-state index contributed by atoms with van der Waals surface area (Å²) in [5.41, 5.74) is 2.38. The SMILES string of the molecule is CC1=Cc2cc(Br)cc(Br)c2OC1. The standard InChI is InChI=1S/C10H8Br2O/c1-6-2-7-3-8(11)4-9(12)10(7)13-5-6/h2-4H,5H2,1H3. The molecule has 1 aromatic rings. The lowest BCUT2D eigenvalue weighted by Crippen LogP contribution is -2.05. The van der Waals surface area contributed by atoms with Crippen LogP contribution in [0.5, 0.6) is 5.75 Å². The Morgan fingerprint density at radius 3 is 2.85 bits per heavy atom. The molecule has 0 bridgehead atoms. The second kappa shape index (κ2) is 3.46. The highest BCUT2D eigenvalue weighted by molar-refractivity contribution is 9.11. The molecule has 0 spiro atoms. The third kappa shape index (κ3) is 1.81. The van der Waals surface area contributed by atoms with Gasteiger partial charge in [-0.05, 0) is 46.6 Å². The zero-order valence-corrected chi connectivity index (χ0v) is 10.3. The van der Waals surface area contributed by atoms with Gasteiger partial charge in [0.15, 0.2) is 0 Å². The molecule has 0 unspecified atom stereocenters. The summed E-state index contributed by atoms with van der Waals surface area (Å²) in [4.78, 5) is 0. The third-order valence-electron chi connectivity index (χ3n) is 1.88. The number of halogens is 2. The summed E-state index contributed by atoms with van der Waals surface area (Å²) in [7, 11) is 0. The highest BCUT2D eigenvalue weighted by atomic mass is 79.9. The van der Waals surface area contributed by atoms with Crippen LogP contribution in [0.3, 0.4) is 0 Å². The molecule has 1 aliphatic rings. The first-order chi connectivity index (χ1) is 6.16. The third-order valence-corrected chi connectivity index (χ3v) is 2.93. The Balaban J connectivity index is 2.61. The van der Waals surface area contributed by atoms with Crippen molar-refractivity contribution in [1.82, 2.24) is 0 Å². The summed E-state index contributed by atoms with van der Waals surface area (Å²) in [6, 6.07) is 4.05. The van der Waals surface area contributed by atoms with Crippen LogP contribution < -0.4 is 4.74 Å². The lowest BCUT2D eigenvalue weighted by Gasteiger charge is -2.17. The van der Waals surface area contributed by atoms with E-state index in [9.17, 15) is 0 Å². The molecule has 1 aromatic carbocycles. The van der Waals surface area contributed by atoms with Gasteiger partial charge in [-0.2, -0.15) is 0 Å². The van der Waals surface area contributed by atoms with Crippen LogP contribution in [0.25, 0.3) is 6.08 Å². The number of hydrogen-bond acceptors (Lipinski definition) is 1. The van der Waals surface area contributed by atoms with Gasteiger partial charge < -0.3 is 4.74 Å². The predicted octanol–water partition coefficient (Wildman–Crippen LogP) is 4.01. The number of fused-ring (bicyclic) bond motifs is 1. The molecular weight excluding hydrogens is 296 g/mol. The molecule has 13 heavy (non-hydrogen) atoms. The van der Waals surface area contributed by atoms with E-state index >= 15 is 0 Å². The lowest BCUT2D eigenvalue weighted by molar-refractivity contribution is 0.345. The van der Waals surface area contributed by atoms with Gasteiger partial charge in [-0.3, -0.25) is 0 Å². The molecule has 0 saturated carbocycles. The maximum atomic E-state index is 5.59. The van der Waals surface area contributed by atoms with E-state index in [1.807, 2.05) is 6.07 Å². The fourth-order valence-corrected chi connectivity index (χ4v) is 2.71. The first-order valence-electron chi connectivity index (χ1n) is 3.96. The molecule has 0 radical (unpaired) electrons. The van der Waals surface area contributed by atoms with Gasteiger partial charge in [0.2, 0.25) is 0 Å². The maximum absolute atomic E-state index is 5.59. The Bertz CT molecular complexity index is 383. The molecular formula is C10H8Br2O. The van der Waals surface area contributed by atoms with Gasteiger partial charge >= 0.3 is 0 Å². The second-order valence-corrected chi connectivity index (χ2v) is 4.86. The Kier molecular flexibility index (Phi) is 2.47. The lowest BCUT2D eigenvalue weighted by atomic mass is 10.1. The minimum Gasteiger partial charge on any atom is -0.487 e. The molecule has 0 atom stereocenters. The molecule has 1 aliphatic heterocycles. The normalized spacial score (nSPS) is 14.5. The van der Waals surface area contributed by atoms with Crippen LogP contribution in [0.2, 0.25) is 0 Å². The monoisotopic (exact) mass is 302 g/mol. The maximum Gasteiger partial charge on any atom is 0.141 e. The zero-order valence-electron chi connectivity index (χ0n) is 7.10. The molecule has 0 N–H and O–H groups in total. The fraction of sp³-hybridized carbons (Fsp3) is 0.200. The van der Waals surface area contributed by atoms with Crippen LogP contribution in [0, 0.1) is 0 Å². The van der Waals surface area contributed by atoms with Crippen LogP contribution >= 0.6 is 31.9 Å². The first kappa shape index (κ1) is 9.28. The van der Waals surface area contributed by atoms with E-state index in [1.165, 1.54) is 5.57 Å².